The molecule has 2 amide bonds. The van der Waals surface area contributed by atoms with Gasteiger partial charge >= 0.3 is 12.1 Å². The second-order valence-corrected chi connectivity index (χ2v) is 6.08. The molecule has 0 bridgehead atoms. The number of anilines is 2. The minimum absolute atomic E-state index is 0.0568. The fraction of sp³-hybridized carbons (Fsp3) is 0.333. The van der Waals surface area contributed by atoms with E-state index in [2.05, 4.69) is 5.32 Å². The predicted octanol–water partition coefficient (Wildman–Crippen LogP) is 4.64. The van der Waals surface area contributed by atoms with E-state index in [1.807, 2.05) is 6.92 Å². The molecule has 7 nitrogen and oxygen atoms in total. The first kappa shape index (κ1) is 23.8. The first-order chi connectivity index (χ1) is 14.7. The summed E-state index contributed by atoms with van der Waals surface area (Å²) < 4.78 is 53.7. The minimum atomic E-state index is -4.99. The van der Waals surface area contributed by atoms with Crippen LogP contribution in [0.25, 0.3) is 0 Å². The van der Waals surface area contributed by atoms with Crippen LogP contribution in [0.15, 0.2) is 36.4 Å². The van der Waals surface area contributed by atoms with Gasteiger partial charge in [-0.2, -0.15) is 13.2 Å². The molecule has 2 rings (SSSR count). The van der Waals surface area contributed by atoms with Gasteiger partial charge in [-0.05, 0) is 57.2 Å². The molecule has 2 N–H and O–H groups in total. The van der Waals surface area contributed by atoms with Crippen molar-refractivity contribution in [2.75, 3.05) is 30.5 Å². The summed E-state index contributed by atoms with van der Waals surface area (Å²) in [5, 5.41) is 4.36. The predicted molar refractivity (Wildman–Crippen MR) is 109 cm³/mol. The van der Waals surface area contributed by atoms with E-state index in [-0.39, 0.29) is 11.3 Å². The van der Waals surface area contributed by atoms with E-state index in [1.54, 1.807) is 19.2 Å². The van der Waals surface area contributed by atoms with Crippen LogP contribution in [0.2, 0.25) is 0 Å². The molecule has 2 aromatic carbocycles. The van der Waals surface area contributed by atoms with Gasteiger partial charge < -0.3 is 24.8 Å². The summed E-state index contributed by atoms with van der Waals surface area (Å²) >= 11 is 0. The Morgan fingerprint density at radius 1 is 0.806 bits per heavy atom. The number of carbonyl (C=O) groups is 2. The van der Waals surface area contributed by atoms with Crippen LogP contribution in [0.1, 0.15) is 31.1 Å². The van der Waals surface area contributed by atoms with Crippen LogP contribution in [0, 0.1) is 0 Å². The van der Waals surface area contributed by atoms with Gasteiger partial charge in [0.15, 0.2) is 11.5 Å². The van der Waals surface area contributed by atoms with Gasteiger partial charge in [0, 0.05) is 16.9 Å². The molecule has 0 aliphatic rings. The van der Waals surface area contributed by atoms with Crippen LogP contribution >= 0.6 is 0 Å². The normalized spacial score (nSPS) is 10.9. The number of hydrogen-bond donors (Lipinski definition) is 2. The maximum absolute atomic E-state index is 12.7. The largest absolute Gasteiger partial charge is 0.490 e. The van der Waals surface area contributed by atoms with Crippen molar-refractivity contribution in [2.24, 2.45) is 0 Å². The highest BCUT2D eigenvalue weighted by Crippen LogP contribution is 2.39. The van der Waals surface area contributed by atoms with E-state index in [9.17, 15) is 22.8 Å². The highest BCUT2D eigenvalue weighted by Gasteiger charge is 2.38. The van der Waals surface area contributed by atoms with E-state index in [1.165, 1.54) is 36.4 Å². The summed E-state index contributed by atoms with van der Waals surface area (Å²) in [6.07, 6.45) is -4.99. The first-order valence-electron chi connectivity index (χ1n) is 9.55. The molecule has 0 aliphatic heterocycles. The standard InChI is InChI=1S/C21H23F3N2O5/c1-4-29-16-11-13(12-17(30-5-2)18(16)31-6-3)19(27)25-14-7-9-15(10-8-14)26-20(28)21(22,23)24/h7-12H,4-6H2,1-3H3,(H,25,27)(H,26,28). The zero-order valence-electron chi connectivity index (χ0n) is 17.3. The number of hydrogen-bond acceptors (Lipinski definition) is 5. The molecule has 168 valence electrons. The summed E-state index contributed by atoms with van der Waals surface area (Å²) in [4.78, 5) is 23.7. The van der Waals surface area contributed by atoms with Gasteiger partial charge in [0.1, 0.15) is 0 Å². The fourth-order valence-corrected chi connectivity index (χ4v) is 2.56. The number of amides is 2. The highest BCUT2D eigenvalue weighted by molar-refractivity contribution is 6.05. The lowest BCUT2D eigenvalue weighted by molar-refractivity contribution is -0.167. The Kier molecular flexibility index (Phi) is 8.12. The molecule has 0 aromatic heterocycles. The Balaban J connectivity index is 2.21. The van der Waals surface area contributed by atoms with Crippen molar-refractivity contribution < 1.29 is 37.0 Å². The van der Waals surface area contributed by atoms with Crippen molar-refractivity contribution >= 4 is 23.2 Å². The van der Waals surface area contributed by atoms with Crippen LogP contribution in [0.4, 0.5) is 24.5 Å². The van der Waals surface area contributed by atoms with Gasteiger partial charge in [-0.1, -0.05) is 0 Å². The monoisotopic (exact) mass is 440 g/mol. The molecule has 0 heterocycles. The molecule has 0 atom stereocenters. The topological polar surface area (TPSA) is 85.9 Å². The first-order valence-corrected chi connectivity index (χ1v) is 9.55. The zero-order chi connectivity index (χ0) is 23.0. The molecule has 31 heavy (non-hydrogen) atoms. The molecular weight excluding hydrogens is 417 g/mol. The molecule has 0 unspecified atom stereocenters. The van der Waals surface area contributed by atoms with E-state index in [0.29, 0.717) is 42.8 Å². The lowest BCUT2D eigenvalue weighted by Crippen LogP contribution is -2.29. The molecule has 10 heteroatoms. The van der Waals surface area contributed by atoms with Gasteiger partial charge in [0.25, 0.3) is 5.91 Å². The lowest BCUT2D eigenvalue weighted by atomic mass is 10.1. The van der Waals surface area contributed by atoms with Crippen LogP contribution in [-0.2, 0) is 4.79 Å². The molecule has 2 aromatic rings. The fourth-order valence-electron chi connectivity index (χ4n) is 2.56. The maximum atomic E-state index is 12.7. The third kappa shape index (κ3) is 6.53. The number of alkyl halides is 3. The second-order valence-electron chi connectivity index (χ2n) is 6.08. The van der Waals surface area contributed by atoms with Crippen molar-refractivity contribution in [3.8, 4) is 17.2 Å². The molecular formula is C21H23F3N2O5. The number of benzene rings is 2. The van der Waals surface area contributed by atoms with Gasteiger partial charge in [0.05, 0.1) is 19.8 Å². The number of nitrogens with one attached hydrogen (secondary N) is 2. The summed E-state index contributed by atoms with van der Waals surface area (Å²) in [6, 6.07) is 8.26. The van der Waals surface area contributed by atoms with Crippen LogP contribution in [0.3, 0.4) is 0 Å². The van der Waals surface area contributed by atoms with Gasteiger partial charge in [0.2, 0.25) is 5.75 Å². The summed E-state index contributed by atoms with van der Waals surface area (Å²) in [5.74, 6) is -1.47. The molecule has 0 saturated carbocycles. The van der Waals surface area contributed by atoms with E-state index in [0.717, 1.165) is 0 Å². The minimum Gasteiger partial charge on any atom is -0.490 e. The van der Waals surface area contributed by atoms with Crippen LogP contribution < -0.4 is 24.8 Å². The van der Waals surface area contributed by atoms with Gasteiger partial charge in [-0.3, -0.25) is 9.59 Å². The molecule has 0 radical (unpaired) electrons. The van der Waals surface area contributed by atoms with E-state index in [4.69, 9.17) is 14.2 Å². The third-order valence-corrected chi connectivity index (χ3v) is 3.83. The third-order valence-electron chi connectivity index (χ3n) is 3.83. The quantitative estimate of drug-likeness (QED) is 0.594. The van der Waals surface area contributed by atoms with Crippen molar-refractivity contribution in [3.63, 3.8) is 0 Å². The van der Waals surface area contributed by atoms with Crippen molar-refractivity contribution in [3.05, 3.63) is 42.0 Å². The smallest absolute Gasteiger partial charge is 0.471 e. The Morgan fingerprint density at radius 3 is 1.68 bits per heavy atom. The summed E-state index contributed by atoms with van der Waals surface area (Å²) in [7, 11) is 0. The van der Waals surface area contributed by atoms with Gasteiger partial charge in [-0.15, -0.1) is 0 Å². The Hall–Kier alpha value is -3.43. The lowest BCUT2D eigenvalue weighted by Gasteiger charge is -2.17. The van der Waals surface area contributed by atoms with Crippen LogP contribution in [-0.4, -0.2) is 37.8 Å². The van der Waals surface area contributed by atoms with Crippen molar-refractivity contribution in [2.45, 2.75) is 26.9 Å². The summed E-state index contributed by atoms with van der Waals surface area (Å²) in [5.41, 5.74) is 0.503. The molecule has 0 saturated heterocycles. The van der Waals surface area contributed by atoms with E-state index >= 15 is 0 Å². The Bertz CT molecular complexity index is 887. The average molecular weight is 440 g/mol. The number of ether oxygens (including phenoxy) is 3. The second kappa shape index (κ2) is 10.6. The SMILES string of the molecule is CCOc1cc(C(=O)Nc2ccc(NC(=O)C(F)(F)F)cc2)cc(OCC)c1OCC. The summed E-state index contributed by atoms with van der Waals surface area (Å²) in [6.45, 7) is 6.48. The Morgan fingerprint density at radius 2 is 1.26 bits per heavy atom. The Labute approximate surface area is 177 Å². The zero-order valence-corrected chi connectivity index (χ0v) is 17.3. The van der Waals surface area contributed by atoms with Gasteiger partial charge in [-0.25, -0.2) is 0 Å². The highest BCUT2D eigenvalue weighted by atomic mass is 19.4. The number of halogens is 3. The van der Waals surface area contributed by atoms with Crippen molar-refractivity contribution in [1.82, 2.24) is 0 Å². The average Bonchev–Trinajstić information content (AvgIpc) is 2.71. The molecule has 0 aliphatic carbocycles. The molecule has 0 spiro atoms. The molecule has 0 fully saturated rings. The maximum Gasteiger partial charge on any atom is 0.471 e. The number of rotatable bonds is 9. The van der Waals surface area contributed by atoms with Crippen molar-refractivity contribution in [1.29, 1.82) is 0 Å². The van der Waals surface area contributed by atoms with E-state index < -0.39 is 18.0 Å². The van der Waals surface area contributed by atoms with Crippen LogP contribution in [0.5, 0.6) is 17.2 Å². The number of carbonyl (C=O) groups excluding carboxylic acids is 2.